The first kappa shape index (κ1) is 17.9. The average molecular weight is 308 g/mol. The molecule has 118 valence electrons. The molecule has 0 aliphatic rings. The first-order valence-electron chi connectivity index (χ1n) is 7.85. The van der Waals surface area contributed by atoms with Crippen molar-refractivity contribution in [1.29, 1.82) is 0 Å². The first-order valence-corrected chi connectivity index (χ1v) is 8.26. The second-order valence-corrected chi connectivity index (χ2v) is 5.83. The van der Waals surface area contributed by atoms with Gasteiger partial charge in [-0.1, -0.05) is 44.6 Å². The lowest BCUT2D eigenvalue weighted by atomic mass is 10.2. The van der Waals surface area contributed by atoms with Gasteiger partial charge >= 0.3 is 0 Å². The Hall–Kier alpha value is -1.13. The second-order valence-electron chi connectivity index (χ2n) is 5.39. The molecule has 0 aromatic heterocycles. The van der Waals surface area contributed by atoms with E-state index in [4.69, 9.17) is 22.7 Å². The van der Waals surface area contributed by atoms with Gasteiger partial charge in [-0.3, -0.25) is 4.90 Å². The summed E-state index contributed by atoms with van der Waals surface area (Å²) in [6.07, 6.45) is 3.63. The van der Waals surface area contributed by atoms with Gasteiger partial charge in [0.05, 0.1) is 0 Å². The Balaban J connectivity index is 2.49. The van der Waals surface area contributed by atoms with Gasteiger partial charge in [-0.2, -0.15) is 0 Å². The van der Waals surface area contributed by atoms with Crippen LogP contribution in [0.15, 0.2) is 24.3 Å². The molecular weight excluding hydrogens is 280 g/mol. The minimum atomic E-state index is 0.407. The second kappa shape index (κ2) is 9.74. The quantitative estimate of drug-likeness (QED) is 0.670. The highest BCUT2D eigenvalue weighted by molar-refractivity contribution is 7.80. The lowest BCUT2D eigenvalue weighted by molar-refractivity contribution is 0.162. The fourth-order valence-electron chi connectivity index (χ4n) is 2.19. The Morgan fingerprint density at radius 3 is 2.71 bits per heavy atom. The van der Waals surface area contributed by atoms with Crippen LogP contribution in [0.2, 0.25) is 0 Å². The Labute approximate surface area is 134 Å². The van der Waals surface area contributed by atoms with Crippen molar-refractivity contribution in [3.8, 4) is 5.75 Å². The third-order valence-electron chi connectivity index (χ3n) is 3.78. The number of hydrogen-bond donors (Lipinski definition) is 1. The van der Waals surface area contributed by atoms with E-state index in [0.29, 0.717) is 17.6 Å². The van der Waals surface area contributed by atoms with Crippen LogP contribution in [0.3, 0.4) is 0 Å². The molecule has 0 aliphatic heterocycles. The summed E-state index contributed by atoms with van der Waals surface area (Å²) < 4.78 is 5.85. The van der Waals surface area contributed by atoms with Gasteiger partial charge in [0.25, 0.3) is 0 Å². The number of unbranched alkanes of at least 4 members (excludes halogenated alkanes) is 1. The van der Waals surface area contributed by atoms with Gasteiger partial charge in [-0.15, -0.1) is 0 Å². The van der Waals surface area contributed by atoms with Gasteiger partial charge in [-0.05, 0) is 38.4 Å². The van der Waals surface area contributed by atoms with E-state index < -0.39 is 0 Å². The van der Waals surface area contributed by atoms with Crippen molar-refractivity contribution in [1.82, 2.24) is 4.90 Å². The Bertz CT molecular complexity index is 437. The van der Waals surface area contributed by atoms with Crippen molar-refractivity contribution < 1.29 is 4.74 Å². The average Bonchev–Trinajstić information content (AvgIpc) is 2.50. The van der Waals surface area contributed by atoms with Gasteiger partial charge in [0.1, 0.15) is 17.3 Å². The molecule has 0 radical (unpaired) electrons. The highest BCUT2D eigenvalue weighted by Gasteiger charge is 2.11. The number of hydrogen-bond acceptors (Lipinski definition) is 3. The van der Waals surface area contributed by atoms with Crippen LogP contribution in [-0.2, 0) is 0 Å². The SMILES string of the molecule is CCCCN(CCOc1cccc(C(N)=S)c1)C(C)CC. The maximum absolute atomic E-state index is 5.85. The predicted molar refractivity (Wildman–Crippen MR) is 94.1 cm³/mol. The van der Waals surface area contributed by atoms with Gasteiger partial charge < -0.3 is 10.5 Å². The molecule has 0 spiro atoms. The van der Waals surface area contributed by atoms with Gasteiger partial charge in [0, 0.05) is 18.2 Å². The molecule has 0 fully saturated rings. The van der Waals surface area contributed by atoms with E-state index in [1.54, 1.807) is 0 Å². The molecule has 0 aliphatic carbocycles. The van der Waals surface area contributed by atoms with E-state index in [2.05, 4.69) is 25.7 Å². The molecule has 4 heteroatoms. The largest absolute Gasteiger partial charge is 0.492 e. The smallest absolute Gasteiger partial charge is 0.120 e. The van der Waals surface area contributed by atoms with E-state index in [1.807, 2.05) is 24.3 Å². The van der Waals surface area contributed by atoms with E-state index in [9.17, 15) is 0 Å². The molecule has 1 unspecified atom stereocenters. The molecule has 1 atom stereocenters. The van der Waals surface area contributed by atoms with E-state index in [0.717, 1.165) is 24.4 Å². The monoisotopic (exact) mass is 308 g/mol. The number of nitrogens with two attached hydrogens (primary N) is 1. The highest BCUT2D eigenvalue weighted by atomic mass is 32.1. The van der Waals surface area contributed by atoms with Gasteiger partial charge in [-0.25, -0.2) is 0 Å². The van der Waals surface area contributed by atoms with Crippen LogP contribution in [0.4, 0.5) is 0 Å². The third-order valence-corrected chi connectivity index (χ3v) is 4.01. The summed E-state index contributed by atoms with van der Waals surface area (Å²) in [7, 11) is 0. The van der Waals surface area contributed by atoms with Crippen LogP contribution < -0.4 is 10.5 Å². The van der Waals surface area contributed by atoms with E-state index in [-0.39, 0.29) is 0 Å². The molecular formula is C17H28N2OS. The van der Waals surface area contributed by atoms with Crippen LogP contribution >= 0.6 is 12.2 Å². The van der Waals surface area contributed by atoms with Crippen molar-refractivity contribution in [2.45, 2.75) is 46.1 Å². The van der Waals surface area contributed by atoms with Crippen molar-refractivity contribution in [3.05, 3.63) is 29.8 Å². The van der Waals surface area contributed by atoms with Gasteiger partial charge in [0.2, 0.25) is 0 Å². The summed E-state index contributed by atoms with van der Waals surface area (Å²) in [4.78, 5) is 2.91. The normalized spacial score (nSPS) is 12.4. The lowest BCUT2D eigenvalue weighted by Gasteiger charge is -2.28. The van der Waals surface area contributed by atoms with Crippen LogP contribution in [0.5, 0.6) is 5.75 Å². The Kier molecular flexibility index (Phi) is 8.31. The van der Waals surface area contributed by atoms with Crippen molar-refractivity contribution in [2.24, 2.45) is 5.73 Å². The summed E-state index contributed by atoms with van der Waals surface area (Å²) in [5.41, 5.74) is 6.49. The van der Waals surface area contributed by atoms with Crippen LogP contribution in [0, 0.1) is 0 Å². The molecule has 0 saturated heterocycles. The summed E-state index contributed by atoms with van der Waals surface area (Å²) in [5, 5.41) is 0. The number of thiocarbonyl (C=S) groups is 1. The molecule has 0 saturated carbocycles. The molecule has 2 N–H and O–H groups in total. The summed E-state index contributed by atoms with van der Waals surface area (Å²) >= 11 is 4.99. The highest BCUT2D eigenvalue weighted by Crippen LogP contribution is 2.14. The fraction of sp³-hybridized carbons (Fsp3) is 0.588. The summed E-state index contributed by atoms with van der Waals surface area (Å²) in [5.74, 6) is 0.833. The van der Waals surface area contributed by atoms with Crippen molar-refractivity contribution >= 4 is 17.2 Å². The molecule has 0 bridgehead atoms. The molecule has 0 heterocycles. The third kappa shape index (κ3) is 6.44. The topological polar surface area (TPSA) is 38.5 Å². The number of benzene rings is 1. The molecule has 0 amide bonds. The number of ether oxygens (including phenoxy) is 1. The van der Waals surface area contributed by atoms with Gasteiger partial charge in [0.15, 0.2) is 0 Å². The molecule has 3 nitrogen and oxygen atoms in total. The van der Waals surface area contributed by atoms with Crippen molar-refractivity contribution in [3.63, 3.8) is 0 Å². The van der Waals surface area contributed by atoms with E-state index in [1.165, 1.54) is 19.3 Å². The number of nitrogens with zero attached hydrogens (tertiary/aromatic N) is 1. The predicted octanol–water partition coefficient (Wildman–Crippen LogP) is 3.60. The summed E-state index contributed by atoms with van der Waals surface area (Å²) in [6.45, 7) is 9.52. The summed E-state index contributed by atoms with van der Waals surface area (Å²) in [6, 6.07) is 8.28. The van der Waals surface area contributed by atoms with E-state index >= 15 is 0 Å². The lowest BCUT2D eigenvalue weighted by Crippen LogP contribution is -2.36. The fourth-order valence-corrected chi connectivity index (χ4v) is 2.32. The zero-order valence-electron chi connectivity index (χ0n) is 13.5. The minimum Gasteiger partial charge on any atom is -0.492 e. The zero-order chi connectivity index (χ0) is 15.7. The maximum Gasteiger partial charge on any atom is 0.120 e. The zero-order valence-corrected chi connectivity index (χ0v) is 14.3. The maximum atomic E-state index is 5.85. The molecule has 1 rings (SSSR count). The van der Waals surface area contributed by atoms with Crippen LogP contribution in [-0.4, -0.2) is 35.6 Å². The molecule has 1 aromatic carbocycles. The number of rotatable bonds is 10. The minimum absolute atomic E-state index is 0.407. The standard InChI is InChI=1S/C17H28N2OS/c1-4-6-10-19(14(3)5-2)11-12-20-16-9-7-8-15(13-16)17(18)21/h7-9,13-14H,4-6,10-12H2,1-3H3,(H2,18,21). The van der Waals surface area contributed by atoms with Crippen molar-refractivity contribution in [2.75, 3.05) is 19.7 Å². The molecule has 1 aromatic rings. The Morgan fingerprint density at radius 1 is 1.33 bits per heavy atom. The van der Waals surface area contributed by atoms with Crippen LogP contribution in [0.1, 0.15) is 45.6 Å². The first-order chi connectivity index (χ1) is 10.1. The Morgan fingerprint density at radius 2 is 2.10 bits per heavy atom. The van der Waals surface area contributed by atoms with Crippen LogP contribution in [0.25, 0.3) is 0 Å². The molecule has 21 heavy (non-hydrogen) atoms.